The highest BCUT2D eigenvalue weighted by atomic mass is 35.5. The molecule has 0 radical (unpaired) electrons. The number of sulfonamides is 1. The van der Waals surface area contributed by atoms with E-state index in [4.69, 9.17) is 23.2 Å². The Kier molecular flexibility index (Phi) is 2.83. The summed E-state index contributed by atoms with van der Waals surface area (Å²) in [5.41, 5.74) is -0.259. The van der Waals surface area contributed by atoms with Gasteiger partial charge < -0.3 is 0 Å². The molecule has 96 valence electrons. The topological polar surface area (TPSA) is 85.1 Å². The Bertz CT molecular complexity index is 542. The van der Waals surface area contributed by atoms with E-state index in [2.05, 4.69) is 19.7 Å². The van der Waals surface area contributed by atoms with E-state index in [9.17, 15) is 8.42 Å². The van der Waals surface area contributed by atoms with Gasteiger partial charge in [0.15, 0.2) is 0 Å². The van der Waals surface area contributed by atoms with Crippen LogP contribution in [0.25, 0.3) is 0 Å². The Balaban J connectivity index is 2.09. The van der Waals surface area contributed by atoms with E-state index in [-0.39, 0.29) is 11.6 Å². The third-order valence-electron chi connectivity index (χ3n) is 2.78. The van der Waals surface area contributed by atoms with Gasteiger partial charge in [-0.1, -0.05) is 12.1 Å². The van der Waals surface area contributed by atoms with Crippen molar-refractivity contribution in [1.29, 1.82) is 0 Å². The van der Waals surface area contributed by atoms with Gasteiger partial charge in [-0.15, -0.1) is 23.2 Å². The van der Waals surface area contributed by atoms with Gasteiger partial charge in [-0.25, -0.2) is 13.0 Å². The highest BCUT2D eigenvalue weighted by Crippen LogP contribution is 2.64. The van der Waals surface area contributed by atoms with E-state index in [1.165, 1.54) is 0 Å². The first-order valence-electron chi connectivity index (χ1n) is 4.83. The molecule has 0 aliphatic heterocycles. The maximum atomic E-state index is 11.9. The summed E-state index contributed by atoms with van der Waals surface area (Å²) in [7, 11) is -3.57. The van der Waals surface area contributed by atoms with Gasteiger partial charge in [0.25, 0.3) is 0 Å². The van der Waals surface area contributed by atoms with Gasteiger partial charge in [-0.05, 0) is 18.5 Å². The molecule has 0 aromatic carbocycles. The zero-order valence-corrected chi connectivity index (χ0v) is 11.5. The first-order valence-corrected chi connectivity index (χ1v) is 7.24. The minimum Gasteiger partial charge on any atom is -0.263 e. The van der Waals surface area contributed by atoms with Crippen LogP contribution in [0.5, 0.6) is 0 Å². The fourth-order valence-electron chi connectivity index (χ4n) is 1.53. The van der Waals surface area contributed by atoms with E-state index >= 15 is 0 Å². The van der Waals surface area contributed by atoms with Crippen molar-refractivity contribution in [3.05, 3.63) is 5.69 Å². The maximum absolute atomic E-state index is 11.9. The Morgan fingerprint density at radius 3 is 2.47 bits per heavy atom. The van der Waals surface area contributed by atoms with Crippen molar-refractivity contribution in [2.24, 2.45) is 5.41 Å². The number of aryl methyl sites for hydroxylation is 1. The third kappa shape index (κ3) is 2.51. The van der Waals surface area contributed by atoms with Crippen LogP contribution in [0.15, 0.2) is 4.63 Å². The number of nitrogens with zero attached hydrogens (tertiary/aromatic N) is 2. The third-order valence-corrected chi connectivity index (χ3v) is 5.48. The van der Waals surface area contributed by atoms with E-state index in [0.717, 1.165) is 0 Å². The van der Waals surface area contributed by atoms with Crippen LogP contribution in [-0.4, -0.2) is 28.8 Å². The second kappa shape index (κ2) is 3.73. The summed E-state index contributed by atoms with van der Waals surface area (Å²) < 4.78 is 29.4. The standard InChI is InChI=1S/C8H11Cl2N3O3S/c1-5-6(12-16-11-5)13-17(14,15)4-7(2)3-8(7,9)10/h3-4H2,1-2H3,(H,12,13). The lowest BCUT2D eigenvalue weighted by molar-refractivity contribution is 0.306. The molecule has 1 unspecified atom stereocenters. The average molecular weight is 300 g/mol. The monoisotopic (exact) mass is 299 g/mol. The molecule has 17 heavy (non-hydrogen) atoms. The van der Waals surface area contributed by atoms with Gasteiger partial charge in [0.1, 0.15) is 10.0 Å². The molecule has 1 fully saturated rings. The van der Waals surface area contributed by atoms with E-state index in [0.29, 0.717) is 12.1 Å². The van der Waals surface area contributed by atoms with Gasteiger partial charge >= 0.3 is 0 Å². The molecule has 1 aromatic heterocycles. The molecule has 9 heteroatoms. The van der Waals surface area contributed by atoms with E-state index in [1.54, 1.807) is 13.8 Å². The molecule has 1 aliphatic carbocycles. The molecular weight excluding hydrogens is 289 g/mol. The largest absolute Gasteiger partial charge is 0.263 e. The average Bonchev–Trinajstić information content (AvgIpc) is 2.47. The fourth-order valence-corrected chi connectivity index (χ4v) is 4.15. The quantitative estimate of drug-likeness (QED) is 0.855. The lowest BCUT2D eigenvalue weighted by Gasteiger charge is -2.12. The first kappa shape index (κ1) is 12.9. The summed E-state index contributed by atoms with van der Waals surface area (Å²) in [6, 6.07) is 0. The van der Waals surface area contributed by atoms with Crippen LogP contribution in [0.1, 0.15) is 19.0 Å². The molecule has 1 atom stereocenters. The minimum absolute atomic E-state index is 0.0870. The number of hydrogen-bond donors (Lipinski definition) is 1. The summed E-state index contributed by atoms with van der Waals surface area (Å²) in [4.78, 5) is 0. The smallest absolute Gasteiger partial charge is 0.234 e. The molecular formula is C8H11Cl2N3O3S. The normalized spacial score (nSPS) is 26.8. The summed E-state index contributed by atoms with van der Waals surface area (Å²) >= 11 is 11.8. The lowest BCUT2D eigenvalue weighted by Crippen LogP contribution is -2.25. The minimum atomic E-state index is -3.57. The summed E-state index contributed by atoms with van der Waals surface area (Å²) in [6.45, 7) is 3.31. The Hall–Kier alpha value is -0.530. The molecule has 0 bridgehead atoms. The van der Waals surface area contributed by atoms with Crippen molar-refractivity contribution in [3.8, 4) is 0 Å². The second-order valence-corrected chi connectivity index (χ2v) is 7.71. The molecule has 2 rings (SSSR count). The molecule has 6 nitrogen and oxygen atoms in total. The predicted molar refractivity (Wildman–Crippen MR) is 63.6 cm³/mol. The van der Waals surface area contributed by atoms with Gasteiger partial charge in [0, 0.05) is 5.41 Å². The molecule has 1 heterocycles. The SMILES string of the molecule is Cc1nonc1NS(=O)(=O)CC1(C)CC1(Cl)Cl. The molecule has 1 saturated carbocycles. The van der Waals surface area contributed by atoms with Gasteiger partial charge in [0.05, 0.1) is 5.75 Å². The van der Waals surface area contributed by atoms with Crippen LogP contribution in [0, 0.1) is 12.3 Å². The number of hydrogen-bond acceptors (Lipinski definition) is 5. The Labute approximate surface area is 109 Å². The zero-order valence-electron chi connectivity index (χ0n) is 9.20. The van der Waals surface area contributed by atoms with Crippen molar-refractivity contribution < 1.29 is 13.0 Å². The van der Waals surface area contributed by atoms with Crippen molar-refractivity contribution in [1.82, 2.24) is 10.3 Å². The van der Waals surface area contributed by atoms with Crippen LogP contribution in [0.2, 0.25) is 0 Å². The summed E-state index contributed by atoms with van der Waals surface area (Å²) in [5.74, 6) is -0.0803. The van der Waals surface area contributed by atoms with Crippen LogP contribution < -0.4 is 4.72 Å². The first-order chi connectivity index (χ1) is 7.65. The Morgan fingerprint density at radius 1 is 1.47 bits per heavy atom. The number of nitrogens with one attached hydrogen (secondary N) is 1. The molecule has 0 spiro atoms. The van der Waals surface area contributed by atoms with Crippen LogP contribution in [-0.2, 0) is 10.0 Å². The van der Waals surface area contributed by atoms with Crippen molar-refractivity contribution in [2.75, 3.05) is 10.5 Å². The van der Waals surface area contributed by atoms with Crippen LogP contribution in [0.3, 0.4) is 0 Å². The molecule has 0 amide bonds. The van der Waals surface area contributed by atoms with Gasteiger partial charge in [0.2, 0.25) is 15.8 Å². The summed E-state index contributed by atoms with van der Waals surface area (Å²) in [6.07, 6.45) is 0.445. The molecule has 0 saturated heterocycles. The number of rotatable bonds is 4. The van der Waals surface area contributed by atoms with E-state index < -0.39 is 19.8 Å². The fraction of sp³-hybridized carbons (Fsp3) is 0.750. The molecule has 1 aromatic rings. The van der Waals surface area contributed by atoms with Crippen molar-refractivity contribution >= 4 is 39.0 Å². The molecule has 1 N–H and O–H groups in total. The maximum Gasteiger partial charge on any atom is 0.234 e. The number of alkyl halides is 2. The van der Waals surface area contributed by atoms with Gasteiger partial charge in [-0.3, -0.25) is 4.72 Å². The lowest BCUT2D eigenvalue weighted by atomic mass is 10.2. The van der Waals surface area contributed by atoms with Crippen LogP contribution >= 0.6 is 23.2 Å². The van der Waals surface area contributed by atoms with Gasteiger partial charge in [-0.2, -0.15) is 0 Å². The highest BCUT2D eigenvalue weighted by Gasteiger charge is 2.64. The van der Waals surface area contributed by atoms with Crippen molar-refractivity contribution in [3.63, 3.8) is 0 Å². The highest BCUT2D eigenvalue weighted by molar-refractivity contribution is 7.92. The Morgan fingerprint density at radius 2 is 2.06 bits per heavy atom. The predicted octanol–water partition coefficient (Wildman–Crippen LogP) is 1.70. The molecule has 1 aliphatic rings. The summed E-state index contributed by atoms with van der Waals surface area (Å²) in [5, 5.41) is 6.92. The van der Waals surface area contributed by atoms with Crippen molar-refractivity contribution in [2.45, 2.75) is 24.6 Å². The van der Waals surface area contributed by atoms with Crippen LogP contribution in [0.4, 0.5) is 5.82 Å². The number of anilines is 1. The van der Waals surface area contributed by atoms with E-state index in [1.807, 2.05) is 0 Å². The zero-order chi connectivity index (χ0) is 12.9. The second-order valence-electron chi connectivity index (χ2n) is 4.50. The number of halogens is 2. The number of aromatic nitrogens is 2.